The van der Waals surface area contributed by atoms with Crippen LogP contribution in [0.25, 0.3) is 11.0 Å². The number of nitrogens with zero attached hydrogens (tertiary/aromatic N) is 3. The zero-order valence-corrected chi connectivity index (χ0v) is 15.9. The van der Waals surface area contributed by atoms with Crippen molar-refractivity contribution in [1.82, 2.24) is 9.55 Å². The molecule has 2 aromatic carbocycles. The quantitative estimate of drug-likeness (QED) is 0.700. The minimum absolute atomic E-state index is 0.111. The SMILES string of the molecule is OCC1CCCCN1c1nc2ccccc2n1Cc1ccc(Cl)cc1Cl. The summed E-state index contributed by atoms with van der Waals surface area (Å²) in [6.45, 7) is 1.66. The van der Waals surface area contributed by atoms with Gasteiger partial charge in [-0.15, -0.1) is 0 Å². The largest absolute Gasteiger partial charge is 0.394 e. The highest BCUT2D eigenvalue weighted by Gasteiger charge is 2.26. The molecule has 0 bridgehead atoms. The summed E-state index contributed by atoms with van der Waals surface area (Å²) in [5.74, 6) is 0.899. The number of hydrogen-bond acceptors (Lipinski definition) is 3. The van der Waals surface area contributed by atoms with E-state index in [2.05, 4.69) is 15.5 Å². The van der Waals surface area contributed by atoms with Crippen LogP contribution in [0.1, 0.15) is 24.8 Å². The molecule has 136 valence electrons. The molecule has 3 aromatic rings. The van der Waals surface area contributed by atoms with Crippen LogP contribution < -0.4 is 4.90 Å². The minimum Gasteiger partial charge on any atom is -0.394 e. The molecule has 1 aliphatic heterocycles. The highest BCUT2D eigenvalue weighted by atomic mass is 35.5. The molecule has 1 aliphatic rings. The molecular weight excluding hydrogens is 369 g/mol. The Balaban J connectivity index is 1.81. The maximum atomic E-state index is 9.84. The fraction of sp³-hybridized carbons (Fsp3) is 0.350. The van der Waals surface area contributed by atoms with E-state index in [0.29, 0.717) is 16.6 Å². The summed E-state index contributed by atoms with van der Waals surface area (Å²) in [6, 6.07) is 13.8. The summed E-state index contributed by atoms with van der Waals surface area (Å²) in [5.41, 5.74) is 3.02. The molecule has 26 heavy (non-hydrogen) atoms. The molecule has 1 atom stereocenters. The fourth-order valence-corrected chi connectivity index (χ4v) is 4.18. The Bertz CT molecular complexity index is 925. The van der Waals surface area contributed by atoms with Crippen molar-refractivity contribution >= 4 is 40.2 Å². The van der Waals surface area contributed by atoms with Gasteiger partial charge in [0.25, 0.3) is 0 Å². The number of aliphatic hydroxyl groups is 1. The number of fused-ring (bicyclic) bond motifs is 1. The second kappa shape index (κ2) is 7.47. The van der Waals surface area contributed by atoms with Gasteiger partial charge in [-0.05, 0) is 49.1 Å². The third-order valence-corrected chi connectivity index (χ3v) is 5.66. The molecule has 1 aromatic heterocycles. The van der Waals surface area contributed by atoms with Crippen molar-refractivity contribution in [1.29, 1.82) is 0 Å². The van der Waals surface area contributed by atoms with Gasteiger partial charge in [-0.3, -0.25) is 0 Å². The van der Waals surface area contributed by atoms with E-state index in [1.54, 1.807) is 6.07 Å². The number of piperidine rings is 1. The molecule has 0 spiro atoms. The van der Waals surface area contributed by atoms with Gasteiger partial charge in [0.1, 0.15) is 0 Å². The number of anilines is 1. The van der Waals surface area contributed by atoms with E-state index in [1.165, 1.54) is 0 Å². The number of para-hydroxylation sites is 2. The smallest absolute Gasteiger partial charge is 0.207 e. The third kappa shape index (κ3) is 3.29. The number of hydrogen-bond donors (Lipinski definition) is 1. The number of aromatic nitrogens is 2. The summed E-state index contributed by atoms with van der Waals surface area (Å²) in [6.07, 6.45) is 3.24. The number of benzene rings is 2. The lowest BCUT2D eigenvalue weighted by Gasteiger charge is -2.35. The second-order valence-corrected chi connectivity index (χ2v) is 7.59. The van der Waals surface area contributed by atoms with Crippen molar-refractivity contribution in [2.24, 2.45) is 0 Å². The number of halogens is 2. The fourth-order valence-electron chi connectivity index (χ4n) is 3.71. The molecule has 6 heteroatoms. The Hall–Kier alpha value is -1.75. The van der Waals surface area contributed by atoms with Gasteiger partial charge in [0, 0.05) is 16.6 Å². The molecule has 0 radical (unpaired) electrons. The maximum Gasteiger partial charge on any atom is 0.207 e. The molecule has 4 nitrogen and oxygen atoms in total. The number of rotatable bonds is 4. The molecule has 0 amide bonds. The summed E-state index contributed by atoms with van der Waals surface area (Å²) < 4.78 is 2.19. The molecule has 0 aliphatic carbocycles. The van der Waals surface area contributed by atoms with Gasteiger partial charge < -0.3 is 14.6 Å². The van der Waals surface area contributed by atoms with Crippen LogP contribution in [0.4, 0.5) is 5.95 Å². The Morgan fingerprint density at radius 1 is 1.12 bits per heavy atom. The monoisotopic (exact) mass is 389 g/mol. The van der Waals surface area contributed by atoms with E-state index in [4.69, 9.17) is 28.2 Å². The molecule has 1 saturated heterocycles. The van der Waals surface area contributed by atoms with Crippen LogP contribution in [0.2, 0.25) is 10.0 Å². The van der Waals surface area contributed by atoms with Crippen LogP contribution in [0.15, 0.2) is 42.5 Å². The first-order valence-corrected chi connectivity index (χ1v) is 9.69. The van der Waals surface area contributed by atoms with Gasteiger partial charge in [0.2, 0.25) is 5.95 Å². The lowest BCUT2D eigenvalue weighted by Crippen LogP contribution is -2.43. The first-order valence-electron chi connectivity index (χ1n) is 8.94. The van der Waals surface area contributed by atoms with E-state index in [0.717, 1.165) is 48.4 Å². The van der Waals surface area contributed by atoms with E-state index in [1.807, 2.05) is 30.3 Å². The van der Waals surface area contributed by atoms with E-state index < -0.39 is 0 Å². The normalized spacial score (nSPS) is 17.8. The van der Waals surface area contributed by atoms with Gasteiger partial charge >= 0.3 is 0 Å². The van der Waals surface area contributed by atoms with Crippen molar-refractivity contribution in [2.75, 3.05) is 18.1 Å². The van der Waals surface area contributed by atoms with Crippen LogP contribution in [0, 0.1) is 0 Å². The number of aliphatic hydroxyl groups excluding tert-OH is 1. The molecule has 1 unspecified atom stereocenters. The topological polar surface area (TPSA) is 41.3 Å². The Kier molecular flexibility index (Phi) is 5.07. The van der Waals surface area contributed by atoms with Gasteiger partial charge in [0.05, 0.1) is 30.2 Å². The van der Waals surface area contributed by atoms with E-state index >= 15 is 0 Å². The summed E-state index contributed by atoms with van der Waals surface area (Å²) >= 11 is 12.5. The number of imidazole rings is 1. The van der Waals surface area contributed by atoms with Crippen LogP contribution in [-0.2, 0) is 6.54 Å². The Morgan fingerprint density at radius 2 is 1.96 bits per heavy atom. The lowest BCUT2D eigenvalue weighted by molar-refractivity contribution is 0.238. The van der Waals surface area contributed by atoms with Gasteiger partial charge in [0.15, 0.2) is 0 Å². The van der Waals surface area contributed by atoms with Crippen LogP contribution in [0.5, 0.6) is 0 Å². The standard InChI is InChI=1S/C20H21Cl2N3O/c21-15-9-8-14(17(22)11-15)12-25-19-7-2-1-6-18(19)23-20(25)24-10-4-3-5-16(24)13-26/h1-2,6-9,11,16,26H,3-5,10,12-13H2. The first-order chi connectivity index (χ1) is 12.7. The maximum absolute atomic E-state index is 9.84. The van der Waals surface area contributed by atoms with E-state index in [9.17, 15) is 5.11 Å². The molecule has 1 fully saturated rings. The van der Waals surface area contributed by atoms with Crippen molar-refractivity contribution in [3.8, 4) is 0 Å². The minimum atomic E-state index is 0.111. The zero-order valence-electron chi connectivity index (χ0n) is 14.4. The van der Waals surface area contributed by atoms with Crippen molar-refractivity contribution in [3.63, 3.8) is 0 Å². The van der Waals surface area contributed by atoms with Crippen LogP contribution in [0.3, 0.4) is 0 Å². The highest BCUT2D eigenvalue weighted by Crippen LogP contribution is 2.30. The molecule has 1 N–H and O–H groups in total. The summed E-state index contributed by atoms with van der Waals surface area (Å²) in [5, 5.41) is 11.1. The third-order valence-electron chi connectivity index (χ3n) is 5.07. The Morgan fingerprint density at radius 3 is 2.77 bits per heavy atom. The highest BCUT2D eigenvalue weighted by molar-refractivity contribution is 6.35. The predicted molar refractivity (Wildman–Crippen MR) is 107 cm³/mol. The molecule has 2 heterocycles. The van der Waals surface area contributed by atoms with Gasteiger partial charge in [-0.1, -0.05) is 41.4 Å². The average Bonchev–Trinajstić information content (AvgIpc) is 3.02. The predicted octanol–water partition coefficient (Wildman–Crippen LogP) is 4.74. The van der Waals surface area contributed by atoms with Crippen molar-refractivity contribution in [3.05, 3.63) is 58.1 Å². The van der Waals surface area contributed by atoms with Crippen LogP contribution >= 0.6 is 23.2 Å². The van der Waals surface area contributed by atoms with Crippen molar-refractivity contribution < 1.29 is 5.11 Å². The lowest BCUT2D eigenvalue weighted by atomic mass is 10.0. The Labute approximate surface area is 163 Å². The average molecular weight is 390 g/mol. The van der Waals surface area contributed by atoms with Crippen molar-refractivity contribution in [2.45, 2.75) is 31.8 Å². The van der Waals surface area contributed by atoms with Gasteiger partial charge in [-0.2, -0.15) is 0 Å². The molecule has 4 rings (SSSR count). The zero-order chi connectivity index (χ0) is 18.1. The van der Waals surface area contributed by atoms with E-state index in [-0.39, 0.29) is 12.6 Å². The van der Waals surface area contributed by atoms with Crippen LogP contribution in [-0.4, -0.2) is 33.9 Å². The molecular formula is C20H21Cl2N3O. The second-order valence-electron chi connectivity index (χ2n) is 6.75. The summed E-state index contributed by atoms with van der Waals surface area (Å²) in [4.78, 5) is 7.13. The first kappa shape index (κ1) is 17.7. The molecule has 0 saturated carbocycles. The van der Waals surface area contributed by atoms with Gasteiger partial charge in [-0.25, -0.2) is 4.98 Å². The summed E-state index contributed by atoms with van der Waals surface area (Å²) in [7, 11) is 0.